The number of benzene rings is 1. The number of fused-ring (bicyclic) bond motifs is 1. The summed E-state index contributed by atoms with van der Waals surface area (Å²) in [5.41, 5.74) is 3.58. The van der Waals surface area contributed by atoms with Gasteiger partial charge in [0.25, 0.3) is 0 Å². The predicted molar refractivity (Wildman–Crippen MR) is 90.6 cm³/mol. The Morgan fingerprint density at radius 2 is 2.23 bits per heavy atom. The summed E-state index contributed by atoms with van der Waals surface area (Å²) in [6.07, 6.45) is 5.90. The highest BCUT2D eigenvalue weighted by Gasteiger charge is 2.28. The van der Waals surface area contributed by atoms with Crippen LogP contribution in [0.3, 0.4) is 0 Å². The van der Waals surface area contributed by atoms with Crippen molar-refractivity contribution in [1.82, 2.24) is 9.78 Å². The SMILES string of the molecule is Brc1cccc(-n2nc(C3CCCO3)c3c2NCCCC3)c1. The van der Waals surface area contributed by atoms with Gasteiger partial charge in [0.15, 0.2) is 0 Å². The maximum absolute atomic E-state index is 5.91. The molecule has 1 fully saturated rings. The first-order valence-electron chi connectivity index (χ1n) is 8.06. The van der Waals surface area contributed by atoms with Crippen LogP contribution in [0.4, 0.5) is 5.82 Å². The zero-order chi connectivity index (χ0) is 14.9. The normalized spacial score (nSPS) is 21.2. The summed E-state index contributed by atoms with van der Waals surface area (Å²) >= 11 is 3.56. The molecular weight excluding hydrogens is 342 g/mol. The molecule has 2 aliphatic rings. The van der Waals surface area contributed by atoms with Crippen molar-refractivity contribution in [3.05, 3.63) is 40.0 Å². The molecule has 1 aromatic heterocycles. The molecule has 0 bridgehead atoms. The van der Waals surface area contributed by atoms with Crippen molar-refractivity contribution >= 4 is 21.7 Å². The van der Waals surface area contributed by atoms with E-state index in [9.17, 15) is 0 Å². The maximum atomic E-state index is 5.91. The summed E-state index contributed by atoms with van der Waals surface area (Å²) in [4.78, 5) is 0. The van der Waals surface area contributed by atoms with E-state index in [0.717, 1.165) is 54.1 Å². The molecule has 1 N–H and O–H groups in total. The molecule has 4 rings (SSSR count). The van der Waals surface area contributed by atoms with Crippen molar-refractivity contribution in [2.45, 2.75) is 38.2 Å². The highest BCUT2D eigenvalue weighted by molar-refractivity contribution is 9.10. The molecule has 0 radical (unpaired) electrons. The van der Waals surface area contributed by atoms with E-state index in [2.05, 4.69) is 44.1 Å². The molecule has 116 valence electrons. The van der Waals surface area contributed by atoms with E-state index in [1.54, 1.807) is 0 Å². The Kier molecular flexibility index (Phi) is 3.92. The zero-order valence-corrected chi connectivity index (χ0v) is 14.1. The molecule has 0 aliphatic carbocycles. The third-order valence-electron chi connectivity index (χ3n) is 4.45. The second-order valence-corrected chi connectivity index (χ2v) is 6.91. The van der Waals surface area contributed by atoms with Gasteiger partial charge in [0.1, 0.15) is 11.9 Å². The summed E-state index contributed by atoms with van der Waals surface area (Å²) in [5, 5.41) is 8.52. The predicted octanol–water partition coefficient (Wildman–Crippen LogP) is 4.23. The monoisotopic (exact) mass is 361 g/mol. The molecule has 1 unspecified atom stereocenters. The smallest absolute Gasteiger partial charge is 0.133 e. The molecule has 1 aromatic carbocycles. The van der Waals surface area contributed by atoms with E-state index in [0.29, 0.717) is 0 Å². The molecule has 2 aliphatic heterocycles. The van der Waals surface area contributed by atoms with E-state index in [1.807, 2.05) is 6.07 Å². The van der Waals surface area contributed by atoms with Gasteiger partial charge >= 0.3 is 0 Å². The molecule has 1 saturated heterocycles. The number of hydrogen-bond acceptors (Lipinski definition) is 3. The Labute approximate surface area is 139 Å². The first-order chi connectivity index (χ1) is 10.8. The van der Waals surface area contributed by atoms with Gasteiger partial charge in [-0.3, -0.25) is 0 Å². The minimum atomic E-state index is 0.169. The largest absolute Gasteiger partial charge is 0.372 e. The first-order valence-corrected chi connectivity index (χ1v) is 8.85. The molecule has 5 heteroatoms. The lowest BCUT2D eigenvalue weighted by Gasteiger charge is -2.09. The Hall–Kier alpha value is -1.33. The van der Waals surface area contributed by atoms with Crippen molar-refractivity contribution in [2.24, 2.45) is 0 Å². The maximum Gasteiger partial charge on any atom is 0.133 e. The van der Waals surface area contributed by atoms with Gasteiger partial charge in [0.05, 0.1) is 11.4 Å². The van der Waals surface area contributed by atoms with E-state index in [-0.39, 0.29) is 6.10 Å². The lowest BCUT2D eigenvalue weighted by Crippen LogP contribution is -2.07. The fraction of sp³-hybridized carbons (Fsp3) is 0.471. The van der Waals surface area contributed by atoms with Crippen LogP contribution in [0.15, 0.2) is 28.7 Å². The van der Waals surface area contributed by atoms with Crippen LogP contribution in [0.5, 0.6) is 0 Å². The quantitative estimate of drug-likeness (QED) is 0.869. The molecule has 2 aromatic rings. The number of ether oxygens (including phenoxy) is 1. The van der Waals surface area contributed by atoms with Gasteiger partial charge in [0.2, 0.25) is 0 Å². The number of nitrogens with one attached hydrogen (secondary N) is 1. The Morgan fingerprint density at radius 3 is 3.05 bits per heavy atom. The third-order valence-corrected chi connectivity index (χ3v) is 4.94. The number of aromatic nitrogens is 2. The Morgan fingerprint density at radius 1 is 1.27 bits per heavy atom. The van der Waals surface area contributed by atoms with Crippen molar-refractivity contribution in [1.29, 1.82) is 0 Å². The standard InChI is InChI=1S/C17H20BrN3O/c18-12-5-3-6-13(11-12)21-17-14(7-1-2-9-19-17)16(20-21)15-8-4-10-22-15/h3,5-6,11,15,19H,1-2,4,7-10H2. The average molecular weight is 362 g/mol. The molecule has 0 saturated carbocycles. The molecular formula is C17H20BrN3O. The first kappa shape index (κ1) is 14.3. The van der Waals surface area contributed by atoms with Crippen LogP contribution in [-0.4, -0.2) is 22.9 Å². The van der Waals surface area contributed by atoms with Crippen LogP contribution >= 0.6 is 15.9 Å². The van der Waals surface area contributed by atoms with E-state index in [4.69, 9.17) is 9.84 Å². The van der Waals surface area contributed by atoms with E-state index in [1.165, 1.54) is 18.4 Å². The van der Waals surface area contributed by atoms with Crippen molar-refractivity contribution < 1.29 is 4.74 Å². The van der Waals surface area contributed by atoms with E-state index >= 15 is 0 Å². The van der Waals surface area contributed by atoms with Crippen molar-refractivity contribution in [2.75, 3.05) is 18.5 Å². The zero-order valence-electron chi connectivity index (χ0n) is 12.5. The second kappa shape index (κ2) is 6.05. The van der Waals surface area contributed by atoms with Gasteiger partial charge in [-0.15, -0.1) is 0 Å². The molecule has 1 atom stereocenters. The van der Waals surface area contributed by atoms with Crippen molar-refractivity contribution in [3.63, 3.8) is 0 Å². The summed E-state index contributed by atoms with van der Waals surface area (Å²) in [5.74, 6) is 1.15. The van der Waals surface area contributed by atoms with Gasteiger partial charge < -0.3 is 10.1 Å². The van der Waals surface area contributed by atoms with Gasteiger partial charge in [-0.2, -0.15) is 5.10 Å². The van der Waals surface area contributed by atoms with Gasteiger partial charge in [-0.1, -0.05) is 22.0 Å². The highest BCUT2D eigenvalue weighted by Crippen LogP contribution is 2.36. The fourth-order valence-electron chi connectivity index (χ4n) is 3.38. The van der Waals surface area contributed by atoms with Crippen LogP contribution in [0.1, 0.15) is 43.0 Å². The highest BCUT2D eigenvalue weighted by atomic mass is 79.9. The minimum Gasteiger partial charge on any atom is -0.372 e. The van der Waals surface area contributed by atoms with Gasteiger partial charge in [-0.05, 0) is 50.3 Å². The molecule has 0 spiro atoms. The topological polar surface area (TPSA) is 39.1 Å². The number of rotatable bonds is 2. The van der Waals surface area contributed by atoms with Gasteiger partial charge in [0, 0.05) is 23.2 Å². The van der Waals surface area contributed by atoms with Crippen LogP contribution in [0.25, 0.3) is 5.69 Å². The number of nitrogens with zero attached hydrogens (tertiary/aromatic N) is 2. The molecule has 22 heavy (non-hydrogen) atoms. The van der Waals surface area contributed by atoms with E-state index < -0.39 is 0 Å². The Bertz CT molecular complexity index is 677. The molecule has 3 heterocycles. The van der Waals surface area contributed by atoms with Crippen molar-refractivity contribution in [3.8, 4) is 5.69 Å². The number of hydrogen-bond donors (Lipinski definition) is 1. The number of anilines is 1. The molecule has 0 amide bonds. The summed E-state index contributed by atoms with van der Waals surface area (Å²) in [7, 11) is 0. The minimum absolute atomic E-state index is 0.169. The lowest BCUT2D eigenvalue weighted by molar-refractivity contribution is 0.107. The third kappa shape index (κ3) is 2.57. The summed E-state index contributed by atoms with van der Waals surface area (Å²) in [6, 6.07) is 8.30. The molecule has 4 nitrogen and oxygen atoms in total. The summed E-state index contributed by atoms with van der Waals surface area (Å²) < 4.78 is 9.03. The fourth-order valence-corrected chi connectivity index (χ4v) is 3.76. The average Bonchev–Trinajstić information content (AvgIpc) is 3.09. The van der Waals surface area contributed by atoms with Crippen LogP contribution in [-0.2, 0) is 11.2 Å². The lowest BCUT2D eigenvalue weighted by atomic mass is 10.0. The summed E-state index contributed by atoms with van der Waals surface area (Å²) in [6.45, 7) is 1.87. The Balaban J connectivity index is 1.83. The van der Waals surface area contributed by atoms with Crippen LogP contribution in [0.2, 0.25) is 0 Å². The number of halogens is 1. The van der Waals surface area contributed by atoms with Crippen LogP contribution in [0, 0.1) is 0 Å². The van der Waals surface area contributed by atoms with Gasteiger partial charge in [-0.25, -0.2) is 4.68 Å². The van der Waals surface area contributed by atoms with Crippen LogP contribution < -0.4 is 5.32 Å². The second-order valence-electron chi connectivity index (χ2n) is 5.99.